The lowest BCUT2D eigenvalue weighted by molar-refractivity contribution is -0.146. The second-order valence-corrected chi connectivity index (χ2v) is 6.93. The van der Waals surface area contributed by atoms with Crippen molar-refractivity contribution < 1.29 is 31.9 Å². The molecular weight excluding hydrogens is 379 g/mol. The molecular formula is C17H17FN2O6S. The van der Waals surface area contributed by atoms with E-state index < -0.39 is 45.8 Å². The van der Waals surface area contributed by atoms with Gasteiger partial charge in [-0.15, -0.1) is 0 Å². The largest absolute Gasteiger partial charge is 0.497 e. The lowest BCUT2D eigenvalue weighted by Crippen LogP contribution is -2.32. The van der Waals surface area contributed by atoms with Gasteiger partial charge in [0.25, 0.3) is 5.91 Å². The van der Waals surface area contributed by atoms with Crippen LogP contribution >= 0.6 is 0 Å². The Morgan fingerprint density at radius 1 is 1.07 bits per heavy atom. The molecule has 2 aromatic rings. The van der Waals surface area contributed by atoms with Crippen molar-refractivity contribution in [2.75, 3.05) is 25.6 Å². The summed E-state index contributed by atoms with van der Waals surface area (Å²) in [6.07, 6.45) is 0. The number of benzene rings is 2. The Morgan fingerprint density at radius 3 is 2.37 bits per heavy atom. The van der Waals surface area contributed by atoms with Crippen LogP contribution in [0, 0.1) is 5.82 Å². The molecule has 0 unspecified atom stereocenters. The molecule has 10 heteroatoms. The number of ether oxygens (including phenoxy) is 2. The van der Waals surface area contributed by atoms with E-state index in [0.717, 1.165) is 12.1 Å². The molecule has 0 saturated carbocycles. The first-order chi connectivity index (χ1) is 12.8. The highest BCUT2D eigenvalue weighted by atomic mass is 32.2. The van der Waals surface area contributed by atoms with Gasteiger partial charge >= 0.3 is 5.97 Å². The second-order valence-electron chi connectivity index (χ2n) is 5.19. The summed E-state index contributed by atoms with van der Waals surface area (Å²) in [6.45, 7) is -1.35. The predicted octanol–water partition coefficient (Wildman–Crippen LogP) is 1.29. The average molecular weight is 396 g/mol. The number of hydrogen-bond donors (Lipinski definition) is 2. The summed E-state index contributed by atoms with van der Waals surface area (Å²) in [5.41, 5.74) is 0.470. The fraction of sp³-hybridized carbons (Fsp3) is 0.176. The Bertz CT molecular complexity index is 915. The van der Waals surface area contributed by atoms with Crippen molar-refractivity contribution in [2.24, 2.45) is 0 Å². The van der Waals surface area contributed by atoms with Crippen molar-refractivity contribution >= 4 is 27.6 Å². The van der Waals surface area contributed by atoms with Gasteiger partial charge in [-0.05, 0) is 36.4 Å². The van der Waals surface area contributed by atoms with Crippen molar-refractivity contribution in [2.45, 2.75) is 4.90 Å². The quantitative estimate of drug-likeness (QED) is 0.651. The number of nitrogens with one attached hydrogen (secondary N) is 2. The monoisotopic (exact) mass is 396 g/mol. The third-order valence-corrected chi connectivity index (χ3v) is 4.71. The first-order valence-corrected chi connectivity index (χ1v) is 9.14. The number of anilines is 1. The van der Waals surface area contributed by atoms with Crippen molar-refractivity contribution in [3.8, 4) is 5.75 Å². The number of methoxy groups -OCH3 is 1. The van der Waals surface area contributed by atoms with E-state index >= 15 is 0 Å². The minimum atomic E-state index is -4.22. The number of carbonyl (C=O) groups is 2. The summed E-state index contributed by atoms with van der Waals surface area (Å²) in [5.74, 6) is -1.93. The minimum Gasteiger partial charge on any atom is -0.497 e. The van der Waals surface area contributed by atoms with E-state index in [-0.39, 0.29) is 0 Å². The highest BCUT2D eigenvalue weighted by Crippen LogP contribution is 2.15. The van der Waals surface area contributed by atoms with Crippen LogP contribution in [0.2, 0.25) is 0 Å². The molecule has 0 aliphatic heterocycles. The molecule has 0 spiro atoms. The van der Waals surface area contributed by atoms with Gasteiger partial charge < -0.3 is 14.8 Å². The molecule has 0 saturated heterocycles. The zero-order chi connectivity index (χ0) is 19.9. The summed E-state index contributed by atoms with van der Waals surface area (Å²) < 4.78 is 49.0. The Balaban J connectivity index is 1.80. The molecule has 0 radical (unpaired) electrons. The second kappa shape index (κ2) is 9.10. The third kappa shape index (κ3) is 6.04. The van der Waals surface area contributed by atoms with Crippen molar-refractivity contribution in [1.82, 2.24) is 4.72 Å². The summed E-state index contributed by atoms with van der Waals surface area (Å²) >= 11 is 0. The van der Waals surface area contributed by atoms with Crippen LogP contribution in [-0.2, 0) is 24.3 Å². The molecule has 0 aromatic heterocycles. The van der Waals surface area contributed by atoms with E-state index in [2.05, 4.69) is 10.1 Å². The smallest absolute Gasteiger partial charge is 0.321 e. The molecule has 0 fully saturated rings. The zero-order valence-corrected chi connectivity index (χ0v) is 15.1. The third-order valence-electron chi connectivity index (χ3n) is 3.27. The fourth-order valence-electron chi connectivity index (χ4n) is 1.96. The van der Waals surface area contributed by atoms with E-state index in [9.17, 15) is 22.4 Å². The summed E-state index contributed by atoms with van der Waals surface area (Å²) in [6, 6.07) is 11.2. The van der Waals surface area contributed by atoms with Crippen LogP contribution in [0.5, 0.6) is 5.75 Å². The topological polar surface area (TPSA) is 111 Å². The molecule has 2 N–H and O–H groups in total. The standard InChI is InChI=1S/C17H17FN2O6S/c1-25-13-8-6-12(7-9-13)20-16(21)11-26-17(22)10-19-27(23,24)15-5-3-2-4-14(15)18/h2-9,19H,10-11H2,1H3,(H,20,21). The van der Waals surface area contributed by atoms with Crippen molar-refractivity contribution in [1.29, 1.82) is 0 Å². The first kappa shape index (κ1) is 20.3. The molecule has 27 heavy (non-hydrogen) atoms. The number of rotatable bonds is 8. The van der Waals surface area contributed by atoms with Crippen LogP contribution in [-0.4, -0.2) is 40.6 Å². The summed E-state index contributed by atoms with van der Waals surface area (Å²) in [4.78, 5) is 22.7. The average Bonchev–Trinajstić information content (AvgIpc) is 2.65. The highest BCUT2D eigenvalue weighted by Gasteiger charge is 2.20. The highest BCUT2D eigenvalue weighted by molar-refractivity contribution is 7.89. The molecule has 0 bridgehead atoms. The zero-order valence-electron chi connectivity index (χ0n) is 14.3. The van der Waals surface area contributed by atoms with Gasteiger partial charge in [-0.25, -0.2) is 12.8 Å². The van der Waals surface area contributed by atoms with E-state index in [0.29, 0.717) is 11.4 Å². The van der Waals surface area contributed by atoms with Gasteiger partial charge in [-0.3, -0.25) is 9.59 Å². The molecule has 1 amide bonds. The number of esters is 1. The molecule has 144 valence electrons. The Labute approximate surface area is 155 Å². The van der Waals surface area contributed by atoms with Crippen molar-refractivity contribution in [3.63, 3.8) is 0 Å². The van der Waals surface area contributed by atoms with Crippen LogP contribution in [0.3, 0.4) is 0 Å². The summed E-state index contributed by atoms with van der Waals surface area (Å²) in [5, 5.41) is 2.49. The maximum absolute atomic E-state index is 13.5. The number of carbonyl (C=O) groups excluding carboxylic acids is 2. The van der Waals surface area contributed by atoms with E-state index in [1.807, 2.05) is 4.72 Å². The molecule has 0 aliphatic rings. The number of amides is 1. The maximum atomic E-state index is 13.5. The normalized spacial score (nSPS) is 10.9. The molecule has 0 atom stereocenters. The van der Waals surface area contributed by atoms with E-state index in [1.54, 1.807) is 24.3 Å². The first-order valence-electron chi connectivity index (χ1n) is 7.65. The lowest BCUT2D eigenvalue weighted by Gasteiger charge is -2.09. The number of sulfonamides is 1. The Kier molecular flexibility index (Phi) is 6.85. The van der Waals surface area contributed by atoms with Gasteiger partial charge in [0.1, 0.15) is 23.0 Å². The van der Waals surface area contributed by atoms with E-state index in [1.165, 1.54) is 19.2 Å². The summed E-state index contributed by atoms with van der Waals surface area (Å²) in [7, 11) is -2.71. The predicted molar refractivity (Wildman–Crippen MR) is 94.2 cm³/mol. The van der Waals surface area contributed by atoms with Crippen LogP contribution in [0.25, 0.3) is 0 Å². The number of halogens is 1. The lowest BCUT2D eigenvalue weighted by atomic mass is 10.3. The van der Waals surface area contributed by atoms with Crippen molar-refractivity contribution in [3.05, 3.63) is 54.3 Å². The molecule has 2 rings (SSSR count). The van der Waals surface area contributed by atoms with Gasteiger partial charge in [0.15, 0.2) is 6.61 Å². The molecule has 2 aromatic carbocycles. The molecule has 0 aliphatic carbocycles. The molecule has 0 heterocycles. The van der Waals surface area contributed by atoms with Gasteiger partial charge in [0, 0.05) is 5.69 Å². The fourth-order valence-corrected chi connectivity index (χ4v) is 3.01. The Hall–Kier alpha value is -2.98. The maximum Gasteiger partial charge on any atom is 0.321 e. The van der Waals surface area contributed by atoms with Gasteiger partial charge in [-0.1, -0.05) is 12.1 Å². The van der Waals surface area contributed by atoms with E-state index in [4.69, 9.17) is 4.74 Å². The minimum absolute atomic E-state index is 0.470. The SMILES string of the molecule is COc1ccc(NC(=O)COC(=O)CNS(=O)(=O)c2ccccc2F)cc1. The molecule has 8 nitrogen and oxygen atoms in total. The van der Waals surface area contributed by atoms with Crippen LogP contribution < -0.4 is 14.8 Å². The Morgan fingerprint density at radius 2 is 1.74 bits per heavy atom. The van der Waals surface area contributed by atoms with Crippen LogP contribution in [0.15, 0.2) is 53.4 Å². The van der Waals surface area contributed by atoms with Gasteiger partial charge in [-0.2, -0.15) is 4.72 Å². The number of hydrogen-bond acceptors (Lipinski definition) is 6. The van der Waals surface area contributed by atoms with Gasteiger partial charge in [0.2, 0.25) is 10.0 Å². The van der Waals surface area contributed by atoms with Crippen LogP contribution in [0.4, 0.5) is 10.1 Å². The van der Waals surface area contributed by atoms with Crippen LogP contribution in [0.1, 0.15) is 0 Å². The van der Waals surface area contributed by atoms with Gasteiger partial charge in [0.05, 0.1) is 7.11 Å².